The van der Waals surface area contributed by atoms with Crippen LogP contribution in [-0.2, 0) is 25.2 Å². The number of pyridine rings is 3. The van der Waals surface area contributed by atoms with Crippen molar-refractivity contribution in [2.24, 2.45) is 5.92 Å². The maximum Gasteiger partial charge on any atom is 0.263 e. The highest BCUT2D eigenvalue weighted by Crippen LogP contribution is 2.59. The summed E-state index contributed by atoms with van der Waals surface area (Å²) >= 11 is 1.58. The zero-order valence-corrected chi connectivity index (χ0v) is 26.5. The molecule has 0 saturated carbocycles. The van der Waals surface area contributed by atoms with Crippen LogP contribution < -0.4 is 10.0 Å². The van der Waals surface area contributed by atoms with Gasteiger partial charge in [0.2, 0.25) is 0 Å². The van der Waals surface area contributed by atoms with E-state index in [2.05, 4.69) is 47.3 Å². The van der Waals surface area contributed by atoms with Crippen LogP contribution in [0.2, 0.25) is 0 Å². The van der Waals surface area contributed by atoms with Crippen molar-refractivity contribution in [1.82, 2.24) is 19.7 Å². The molecule has 44 heavy (non-hydrogen) atoms. The molecule has 5 heterocycles. The fourth-order valence-electron chi connectivity index (χ4n) is 6.42. The molecule has 3 N–H and O–H groups in total. The topological polar surface area (TPSA) is 100 Å². The van der Waals surface area contributed by atoms with Gasteiger partial charge in [-0.05, 0) is 78.3 Å². The molecule has 5 aromatic rings. The molecule has 7 nitrogen and oxygen atoms in total. The first kappa shape index (κ1) is 28.9. The number of thiophene rings is 1. The van der Waals surface area contributed by atoms with Crippen molar-refractivity contribution < 1.29 is 14.3 Å². The zero-order valence-electron chi connectivity index (χ0n) is 24.9. The van der Waals surface area contributed by atoms with Crippen molar-refractivity contribution in [1.29, 1.82) is 0 Å². The molecule has 0 radical (unpaired) electrons. The van der Waals surface area contributed by atoms with E-state index >= 15 is 0 Å². The van der Waals surface area contributed by atoms with Crippen molar-refractivity contribution in [3.05, 3.63) is 100 Å². The molecule has 2 unspecified atom stereocenters. The van der Waals surface area contributed by atoms with Gasteiger partial charge in [-0.15, -0.1) is 21.6 Å². The molecule has 0 saturated heterocycles. The fourth-order valence-corrected chi connectivity index (χ4v) is 10.2. The predicted octanol–water partition coefficient (Wildman–Crippen LogP) is 7.33. The molecule has 10 heteroatoms. The Morgan fingerprint density at radius 3 is 2.73 bits per heavy atom. The summed E-state index contributed by atoms with van der Waals surface area (Å²) in [5.41, 5.74) is 6.06. The minimum atomic E-state index is -1.92. The Morgan fingerprint density at radius 2 is 1.95 bits per heavy atom. The average Bonchev–Trinajstić information content (AvgIpc) is 3.68. The van der Waals surface area contributed by atoms with Gasteiger partial charge in [-0.1, -0.05) is 32.0 Å². The second kappa shape index (κ2) is 11.3. The second-order valence-electron chi connectivity index (χ2n) is 12.1. The monoisotopic (exact) mass is 627 g/mol. The van der Waals surface area contributed by atoms with E-state index < -0.39 is 10.2 Å². The molecular weight excluding hydrogens is 594 g/mol. The molecule has 1 aliphatic carbocycles. The molecule has 1 aromatic carbocycles. The molecule has 1 amide bonds. The Morgan fingerprint density at radius 1 is 1.14 bits per heavy atom. The van der Waals surface area contributed by atoms with Gasteiger partial charge in [0.05, 0.1) is 22.9 Å². The summed E-state index contributed by atoms with van der Waals surface area (Å²) in [6.45, 7) is 4.03. The summed E-state index contributed by atoms with van der Waals surface area (Å²) in [5, 5.41) is 16.2. The third kappa shape index (κ3) is 5.04. The summed E-state index contributed by atoms with van der Waals surface area (Å²) in [4.78, 5) is 29.2. The summed E-state index contributed by atoms with van der Waals surface area (Å²) in [6.07, 6.45) is 8.25. The van der Waals surface area contributed by atoms with Crippen molar-refractivity contribution >= 4 is 43.4 Å². The van der Waals surface area contributed by atoms with Crippen molar-refractivity contribution in [3.63, 3.8) is 0 Å². The number of aryl methyl sites for hydroxylation is 1. The Hall–Kier alpha value is -3.86. The first-order valence-corrected chi connectivity index (χ1v) is 17.8. The number of fused-ring (bicyclic) bond motifs is 3. The normalized spacial score (nSPS) is 20.4. The molecule has 0 bridgehead atoms. The van der Waals surface area contributed by atoms with E-state index in [9.17, 15) is 14.3 Å². The Labute approximate surface area is 261 Å². The standard InChI is InChI=1S/C34H34FN5O2S2/c1-19(2)15-27-24(17-41)29(30-33(42)40-44(3,34(30)39-27)18-20-6-8-22(35)9-7-20)28-16-21-12-14-37-32(31(21)43-28)38-26-11-10-25-23(26)5-4-13-36-25/h4-9,12-14,16,19,26,41H,10-11,15,17-18H2,1-3H3,(H,37,38)(H,40,42). The lowest BCUT2D eigenvalue weighted by atomic mass is 9.95. The van der Waals surface area contributed by atoms with E-state index in [0.717, 1.165) is 61.2 Å². The lowest BCUT2D eigenvalue weighted by Gasteiger charge is -2.31. The number of nitrogens with zero attached hydrogens (tertiary/aromatic N) is 3. The number of carbonyl (C=O) groups excluding carboxylic acids is 1. The van der Waals surface area contributed by atoms with Crippen LogP contribution in [0.25, 0.3) is 20.5 Å². The van der Waals surface area contributed by atoms with Crippen LogP contribution in [0.15, 0.2) is 66.0 Å². The largest absolute Gasteiger partial charge is 0.392 e. The van der Waals surface area contributed by atoms with Gasteiger partial charge in [0.15, 0.2) is 0 Å². The zero-order chi connectivity index (χ0) is 30.6. The second-order valence-corrected chi connectivity index (χ2v) is 16.2. The van der Waals surface area contributed by atoms with Gasteiger partial charge >= 0.3 is 0 Å². The number of carbonyl (C=O) groups is 1. The van der Waals surface area contributed by atoms with Crippen LogP contribution >= 0.6 is 21.6 Å². The number of aliphatic hydroxyl groups is 1. The lowest BCUT2D eigenvalue weighted by molar-refractivity contribution is 0.0986. The minimum absolute atomic E-state index is 0.125. The van der Waals surface area contributed by atoms with Gasteiger partial charge in [-0.3, -0.25) is 9.78 Å². The SMILES string of the molecule is CC(C)Cc1nc2c(c(-c3cc4ccnc(NC5CCc6ncccc65)c4s3)c1CO)C(=O)NS2(C)Cc1ccc(F)cc1. The lowest BCUT2D eigenvalue weighted by Crippen LogP contribution is -2.20. The molecular formula is C34H34FN5O2S2. The summed E-state index contributed by atoms with van der Waals surface area (Å²) in [7, 11) is -1.92. The smallest absolute Gasteiger partial charge is 0.263 e. The first-order valence-electron chi connectivity index (χ1n) is 14.8. The van der Waals surface area contributed by atoms with Crippen LogP contribution in [0.1, 0.15) is 64.7 Å². The number of amides is 1. The number of hydrogen-bond donors (Lipinski definition) is 3. The predicted molar refractivity (Wildman–Crippen MR) is 176 cm³/mol. The van der Waals surface area contributed by atoms with E-state index in [4.69, 9.17) is 9.97 Å². The molecule has 0 spiro atoms. The van der Waals surface area contributed by atoms with Gasteiger partial charge in [-0.2, -0.15) is 0 Å². The quantitative estimate of drug-likeness (QED) is 0.167. The minimum Gasteiger partial charge on any atom is -0.392 e. The van der Waals surface area contributed by atoms with E-state index in [-0.39, 0.29) is 24.4 Å². The number of aromatic nitrogens is 3. The van der Waals surface area contributed by atoms with Crippen LogP contribution in [0.4, 0.5) is 10.2 Å². The number of nitrogens with one attached hydrogen (secondary N) is 2. The number of hydrogen-bond acceptors (Lipinski definition) is 7. The van der Waals surface area contributed by atoms with Crippen LogP contribution in [0, 0.1) is 11.7 Å². The highest BCUT2D eigenvalue weighted by atomic mass is 32.3. The summed E-state index contributed by atoms with van der Waals surface area (Å²) in [5.74, 6) is 1.17. The highest BCUT2D eigenvalue weighted by Gasteiger charge is 2.41. The molecule has 0 fully saturated rings. The van der Waals surface area contributed by atoms with Gasteiger partial charge in [0, 0.05) is 45.5 Å². The van der Waals surface area contributed by atoms with E-state index in [0.29, 0.717) is 29.2 Å². The number of anilines is 1. The Bertz CT molecular complexity index is 1910. The third-order valence-electron chi connectivity index (χ3n) is 8.41. The fraction of sp³-hybridized carbons (Fsp3) is 0.294. The van der Waals surface area contributed by atoms with Gasteiger partial charge < -0.3 is 15.1 Å². The Balaban J connectivity index is 1.36. The molecule has 1 aliphatic heterocycles. The van der Waals surface area contributed by atoms with Crippen molar-refractivity contribution in [2.75, 3.05) is 11.6 Å². The van der Waals surface area contributed by atoms with Crippen LogP contribution in [0.5, 0.6) is 0 Å². The molecule has 4 aromatic heterocycles. The van der Waals surface area contributed by atoms with E-state index in [1.807, 2.05) is 24.5 Å². The van der Waals surface area contributed by atoms with Gasteiger partial charge in [0.25, 0.3) is 5.91 Å². The van der Waals surface area contributed by atoms with Crippen molar-refractivity contribution in [3.8, 4) is 10.4 Å². The Kier molecular flexibility index (Phi) is 7.39. The number of aliphatic hydroxyl groups excluding tert-OH is 1. The molecule has 2 atom stereocenters. The van der Waals surface area contributed by atoms with Crippen molar-refractivity contribution in [2.45, 2.75) is 56.5 Å². The maximum absolute atomic E-state index is 13.9. The summed E-state index contributed by atoms with van der Waals surface area (Å²) in [6, 6.07) is 14.7. The first-order chi connectivity index (χ1) is 21.2. The highest BCUT2D eigenvalue weighted by molar-refractivity contribution is 8.31. The maximum atomic E-state index is 13.9. The van der Waals surface area contributed by atoms with Gasteiger partial charge in [0.1, 0.15) is 16.7 Å². The van der Waals surface area contributed by atoms with Gasteiger partial charge in [-0.25, -0.2) is 14.4 Å². The molecule has 7 rings (SSSR count). The molecule has 226 valence electrons. The third-order valence-corrected chi connectivity index (χ3v) is 12.3. The molecule has 2 aliphatic rings. The van der Waals surface area contributed by atoms with E-state index in [1.165, 1.54) is 17.7 Å². The average molecular weight is 628 g/mol. The number of benzene rings is 1. The number of halogens is 1. The van der Waals surface area contributed by atoms with Crippen LogP contribution in [-0.4, -0.2) is 32.2 Å². The van der Waals surface area contributed by atoms with E-state index in [1.54, 1.807) is 23.5 Å². The van der Waals surface area contributed by atoms with Crippen LogP contribution in [0.3, 0.4) is 0 Å². The summed E-state index contributed by atoms with van der Waals surface area (Å²) < 4.78 is 18.0. The number of rotatable bonds is 8.